The molecule has 2 aromatic rings. The van der Waals surface area contributed by atoms with E-state index in [9.17, 15) is 0 Å². The van der Waals surface area contributed by atoms with Crippen molar-refractivity contribution in [3.8, 4) is 0 Å². The number of fused-ring (bicyclic) bond motifs is 1. The Kier molecular flexibility index (Phi) is 2.33. The third kappa shape index (κ3) is 1.55. The zero-order valence-electron chi connectivity index (χ0n) is 8.04. The lowest BCUT2D eigenvalue weighted by molar-refractivity contribution is 0.492. The van der Waals surface area contributed by atoms with Gasteiger partial charge < -0.3 is 10.2 Å². The molecule has 0 saturated heterocycles. The quantitative estimate of drug-likeness (QED) is 0.852. The Balaban J connectivity index is 2.70. The molecule has 1 heterocycles. The molecule has 14 heavy (non-hydrogen) atoms. The van der Waals surface area contributed by atoms with E-state index in [1.165, 1.54) is 0 Å². The Morgan fingerprint density at radius 1 is 1.50 bits per heavy atom. The van der Waals surface area contributed by atoms with Crippen LogP contribution in [0.2, 0.25) is 0 Å². The maximum absolute atomic E-state index is 5.69. The zero-order valence-corrected chi connectivity index (χ0v) is 9.63. The molecule has 0 saturated carbocycles. The molecule has 1 unspecified atom stereocenters. The van der Waals surface area contributed by atoms with E-state index in [4.69, 9.17) is 10.2 Å². The molecule has 2 N–H and O–H groups in total. The van der Waals surface area contributed by atoms with Crippen LogP contribution >= 0.6 is 15.9 Å². The summed E-state index contributed by atoms with van der Waals surface area (Å²) in [6.45, 7) is 3.86. The van der Waals surface area contributed by atoms with Gasteiger partial charge in [-0.1, -0.05) is 0 Å². The molecule has 1 aromatic carbocycles. The van der Waals surface area contributed by atoms with Gasteiger partial charge in [-0.15, -0.1) is 0 Å². The smallest absolute Gasteiger partial charge is 0.212 e. The van der Waals surface area contributed by atoms with Gasteiger partial charge in [-0.25, -0.2) is 4.98 Å². The molecule has 0 fully saturated rings. The van der Waals surface area contributed by atoms with Crippen LogP contribution in [0.15, 0.2) is 21.0 Å². The first-order chi connectivity index (χ1) is 6.58. The van der Waals surface area contributed by atoms with Crippen LogP contribution in [0.3, 0.4) is 0 Å². The lowest BCUT2D eigenvalue weighted by atomic mass is 10.2. The minimum absolute atomic E-state index is 0.172. The molecule has 0 bridgehead atoms. The van der Waals surface area contributed by atoms with E-state index in [1.54, 1.807) is 0 Å². The average Bonchev–Trinajstić information content (AvgIpc) is 2.47. The van der Waals surface area contributed by atoms with Gasteiger partial charge >= 0.3 is 0 Å². The molecule has 0 aliphatic carbocycles. The topological polar surface area (TPSA) is 52.0 Å². The van der Waals surface area contributed by atoms with E-state index in [1.807, 2.05) is 26.0 Å². The van der Waals surface area contributed by atoms with Crippen molar-refractivity contribution in [1.82, 2.24) is 4.98 Å². The number of nitrogens with zero attached hydrogens (tertiary/aromatic N) is 1. The van der Waals surface area contributed by atoms with Crippen molar-refractivity contribution < 1.29 is 4.42 Å². The molecule has 0 amide bonds. The molecule has 2 rings (SSSR count). The number of aryl methyl sites for hydroxylation is 1. The lowest BCUT2D eigenvalue weighted by Crippen LogP contribution is -2.04. The number of halogens is 1. The largest absolute Gasteiger partial charge is 0.439 e. The molecule has 1 aromatic heterocycles. The summed E-state index contributed by atoms with van der Waals surface area (Å²) >= 11 is 3.45. The highest BCUT2D eigenvalue weighted by Gasteiger charge is 2.11. The molecule has 1 atom stereocenters. The van der Waals surface area contributed by atoms with E-state index in [0.29, 0.717) is 5.89 Å². The molecule has 0 aliphatic heterocycles. The summed E-state index contributed by atoms with van der Waals surface area (Å²) in [5, 5.41) is 0. The molecule has 4 heteroatoms. The highest BCUT2D eigenvalue weighted by molar-refractivity contribution is 9.10. The second-order valence-corrected chi connectivity index (χ2v) is 4.29. The van der Waals surface area contributed by atoms with Crippen LogP contribution in [0, 0.1) is 6.92 Å². The second kappa shape index (κ2) is 3.37. The van der Waals surface area contributed by atoms with Crippen LogP contribution in [0.5, 0.6) is 0 Å². The minimum atomic E-state index is -0.172. The molecule has 0 aliphatic rings. The number of oxazole rings is 1. The molecule has 0 spiro atoms. The third-order valence-electron chi connectivity index (χ3n) is 2.00. The SMILES string of the molecule is Cc1cc(Br)c2nc(C(C)N)oc2c1. The summed E-state index contributed by atoms with van der Waals surface area (Å²) in [4.78, 5) is 4.31. The number of hydrogen-bond donors (Lipinski definition) is 1. The van der Waals surface area contributed by atoms with Gasteiger partial charge in [-0.2, -0.15) is 0 Å². The summed E-state index contributed by atoms with van der Waals surface area (Å²) in [7, 11) is 0. The molecule has 0 radical (unpaired) electrons. The Labute approximate surface area is 90.4 Å². The first kappa shape index (κ1) is 9.68. The van der Waals surface area contributed by atoms with Crippen molar-refractivity contribution in [1.29, 1.82) is 0 Å². The van der Waals surface area contributed by atoms with Gasteiger partial charge in [0.05, 0.1) is 6.04 Å². The fraction of sp³-hybridized carbons (Fsp3) is 0.300. The van der Waals surface area contributed by atoms with Gasteiger partial charge in [0.15, 0.2) is 5.58 Å². The summed E-state index contributed by atoms with van der Waals surface area (Å²) in [6.07, 6.45) is 0. The van der Waals surface area contributed by atoms with E-state index < -0.39 is 0 Å². The van der Waals surface area contributed by atoms with E-state index in [0.717, 1.165) is 21.1 Å². The maximum atomic E-state index is 5.69. The van der Waals surface area contributed by atoms with Crippen molar-refractivity contribution in [2.24, 2.45) is 5.73 Å². The second-order valence-electron chi connectivity index (χ2n) is 3.43. The Morgan fingerprint density at radius 3 is 2.86 bits per heavy atom. The van der Waals surface area contributed by atoms with E-state index in [-0.39, 0.29) is 6.04 Å². The maximum Gasteiger partial charge on any atom is 0.212 e. The highest BCUT2D eigenvalue weighted by atomic mass is 79.9. The number of hydrogen-bond acceptors (Lipinski definition) is 3. The van der Waals surface area contributed by atoms with Crippen LogP contribution < -0.4 is 5.73 Å². The minimum Gasteiger partial charge on any atom is -0.439 e. The van der Waals surface area contributed by atoms with Gasteiger partial charge in [0, 0.05) is 4.47 Å². The summed E-state index contributed by atoms with van der Waals surface area (Å²) in [5.74, 6) is 0.575. The van der Waals surface area contributed by atoms with E-state index in [2.05, 4.69) is 20.9 Å². The first-order valence-electron chi connectivity index (χ1n) is 4.40. The number of aromatic nitrogens is 1. The summed E-state index contributed by atoms with van der Waals surface area (Å²) in [5.41, 5.74) is 8.45. The van der Waals surface area contributed by atoms with Gasteiger partial charge in [-0.3, -0.25) is 0 Å². The number of nitrogens with two attached hydrogens (primary N) is 1. The third-order valence-corrected chi connectivity index (χ3v) is 2.60. The van der Waals surface area contributed by atoms with Crippen molar-refractivity contribution in [3.05, 3.63) is 28.1 Å². The van der Waals surface area contributed by atoms with Crippen molar-refractivity contribution in [2.45, 2.75) is 19.9 Å². The van der Waals surface area contributed by atoms with Crippen LogP contribution in [0.1, 0.15) is 24.4 Å². The van der Waals surface area contributed by atoms with E-state index >= 15 is 0 Å². The highest BCUT2D eigenvalue weighted by Crippen LogP contribution is 2.27. The molecular weight excluding hydrogens is 244 g/mol. The standard InChI is InChI=1S/C10H11BrN2O/c1-5-3-7(11)9-8(4-5)14-10(13-9)6(2)12/h3-4,6H,12H2,1-2H3. The Hall–Kier alpha value is -0.870. The van der Waals surface area contributed by atoms with Gasteiger partial charge in [0.1, 0.15) is 5.52 Å². The van der Waals surface area contributed by atoms with Crippen molar-refractivity contribution >= 4 is 27.0 Å². The van der Waals surface area contributed by atoms with Crippen LogP contribution in [-0.4, -0.2) is 4.98 Å². The monoisotopic (exact) mass is 254 g/mol. The Morgan fingerprint density at radius 2 is 2.21 bits per heavy atom. The van der Waals surface area contributed by atoms with Gasteiger partial charge in [0.25, 0.3) is 0 Å². The summed E-state index contributed by atoms with van der Waals surface area (Å²) in [6, 6.07) is 3.80. The molecular formula is C10H11BrN2O. The number of rotatable bonds is 1. The van der Waals surface area contributed by atoms with Gasteiger partial charge in [-0.05, 0) is 47.5 Å². The summed E-state index contributed by atoms with van der Waals surface area (Å²) < 4.78 is 6.47. The fourth-order valence-corrected chi connectivity index (χ4v) is 1.97. The zero-order chi connectivity index (χ0) is 10.3. The number of benzene rings is 1. The fourth-order valence-electron chi connectivity index (χ4n) is 1.33. The molecule has 3 nitrogen and oxygen atoms in total. The predicted octanol–water partition coefficient (Wildman–Crippen LogP) is 2.92. The van der Waals surface area contributed by atoms with Crippen molar-refractivity contribution in [3.63, 3.8) is 0 Å². The van der Waals surface area contributed by atoms with Crippen LogP contribution in [0.4, 0.5) is 0 Å². The van der Waals surface area contributed by atoms with Crippen LogP contribution in [0.25, 0.3) is 11.1 Å². The lowest BCUT2D eigenvalue weighted by Gasteiger charge is -1.94. The van der Waals surface area contributed by atoms with Crippen LogP contribution in [-0.2, 0) is 0 Å². The molecule has 74 valence electrons. The first-order valence-corrected chi connectivity index (χ1v) is 5.19. The Bertz CT molecular complexity index is 476. The average molecular weight is 255 g/mol. The van der Waals surface area contributed by atoms with Gasteiger partial charge in [0.2, 0.25) is 5.89 Å². The normalized spacial score (nSPS) is 13.4. The predicted molar refractivity (Wildman–Crippen MR) is 59.0 cm³/mol. The van der Waals surface area contributed by atoms with Crippen molar-refractivity contribution in [2.75, 3.05) is 0 Å².